The minimum atomic E-state index is -1.57. The number of carboxylic acids is 1. The monoisotopic (exact) mass is 401 g/mol. The van der Waals surface area contributed by atoms with Gasteiger partial charge < -0.3 is 42.6 Å². The van der Waals surface area contributed by atoms with E-state index in [1.807, 2.05) is 0 Å². The van der Waals surface area contributed by atoms with Gasteiger partial charge in [-0.1, -0.05) is 5.16 Å². The van der Waals surface area contributed by atoms with Gasteiger partial charge in [0.25, 0.3) is 0 Å². The number of nitrogens with one attached hydrogen (secondary N) is 2. The molecule has 1 unspecified atom stereocenters. The van der Waals surface area contributed by atoms with E-state index in [4.69, 9.17) is 26.8 Å². The van der Waals surface area contributed by atoms with Gasteiger partial charge in [0.2, 0.25) is 17.7 Å². The molecule has 0 aliphatic carbocycles. The number of nitrogens with zero attached hydrogens (tertiary/aromatic N) is 2. The zero-order valence-electron chi connectivity index (χ0n) is 15.0. The molecule has 0 aliphatic rings. The second-order valence-electron chi connectivity index (χ2n) is 6.00. The molecule has 0 aliphatic heterocycles. The Kier molecular flexibility index (Phi) is 8.28. The van der Waals surface area contributed by atoms with Gasteiger partial charge in [0.15, 0.2) is 11.9 Å². The average molecular weight is 401 g/mol. The van der Waals surface area contributed by atoms with Crippen LogP contribution in [0.3, 0.4) is 0 Å². The first-order valence-corrected chi connectivity index (χ1v) is 8.14. The summed E-state index contributed by atoms with van der Waals surface area (Å²) in [4.78, 5) is 49.1. The summed E-state index contributed by atoms with van der Waals surface area (Å²) in [5, 5.41) is 26.4. The molecular weight excluding hydrogens is 378 g/mol. The van der Waals surface area contributed by atoms with Gasteiger partial charge in [0.05, 0.1) is 12.1 Å². The molecule has 28 heavy (non-hydrogen) atoms. The van der Waals surface area contributed by atoms with Crippen molar-refractivity contribution < 1.29 is 33.9 Å². The van der Waals surface area contributed by atoms with Crippen LogP contribution in [0.4, 0.5) is 4.79 Å². The summed E-state index contributed by atoms with van der Waals surface area (Å²) >= 11 is 0. The third-order valence-electron chi connectivity index (χ3n) is 3.53. The molecule has 0 saturated heterocycles. The largest absolute Gasteiger partial charge is 0.480 e. The standard InChI is InChI=1S/C14H23N7O7/c1-5(22)10(13(25)26)19-14(27)18-7(2-3-8(16)23)12-20-11(21-28-12)6(15)4-9(17)24/h5-7,10,22H,2-4,15H2,1H3,(H2,16,23)(H2,17,24)(H,25,26)(H2,18,19,27)/t5?,6-,7-,10-/m0/s1. The maximum absolute atomic E-state index is 12.1. The van der Waals surface area contributed by atoms with Crippen molar-refractivity contribution in [2.45, 2.75) is 50.4 Å². The molecule has 1 heterocycles. The Hall–Kier alpha value is -3.26. The van der Waals surface area contributed by atoms with Crippen molar-refractivity contribution in [1.29, 1.82) is 0 Å². The molecule has 4 atom stereocenters. The highest BCUT2D eigenvalue weighted by molar-refractivity contribution is 5.83. The molecule has 0 saturated carbocycles. The second kappa shape index (κ2) is 10.2. The lowest BCUT2D eigenvalue weighted by Crippen LogP contribution is -2.51. The third kappa shape index (κ3) is 7.16. The summed E-state index contributed by atoms with van der Waals surface area (Å²) in [6, 6.07) is -4.49. The molecule has 0 bridgehead atoms. The zero-order chi connectivity index (χ0) is 21.4. The number of aromatic nitrogens is 2. The number of carbonyl (C=O) groups is 4. The van der Waals surface area contributed by atoms with E-state index < -0.39 is 48.0 Å². The van der Waals surface area contributed by atoms with Gasteiger partial charge in [-0.05, 0) is 13.3 Å². The maximum atomic E-state index is 12.1. The van der Waals surface area contributed by atoms with Crippen LogP contribution in [0, 0.1) is 0 Å². The van der Waals surface area contributed by atoms with Gasteiger partial charge in [0.1, 0.15) is 6.04 Å². The number of hydrogen-bond donors (Lipinski definition) is 7. The third-order valence-corrected chi connectivity index (χ3v) is 3.53. The topological polar surface area (TPSA) is 250 Å². The van der Waals surface area contributed by atoms with Gasteiger partial charge in [-0.2, -0.15) is 4.98 Å². The van der Waals surface area contributed by atoms with E-state index in [0.29, 0.717) is 0 Å². The highest BCUT2D eigenvalue weighted by Crippen LogP contribution is 2.19. The molecule has 0 fully saturated rings. The van der Waals surface area contributed by atoms with Crippen LogP contribution in [-0.2, 0) is 14.4 Å². The van der Waals surface area contributed by atoms with Crippen molar-refractivity contribution in [3.05, 3.63) is 11.7 Å². The molecule has 0 radical (unpaired) electrons. The van der Waals surface area contributed by atoms with Gasteiger partial charge >= 0.3 is 12.0 Å². The number of primary amides is 2. The number of carboxylic acid groups (broad SMARTS) is 1. The summed E-state index contributed by atoms with van der Waals surface area (Å²) in [6.45, 7) is 1.19. The number of aliphatic hydroxyl groups is 1. The van der Waals surface area contributed by atoms with Crippen molar-refractivity contribution >= 4 is 23.8 Å². The van der Waals surface area contributed by atoms with Crippen molar-refractivity contribution in [2.24, 2.45) is 17.2 Å². The maximum Gasteiger partial charge on any atom is 0.328 e. The number of nitrogens with two attached hydrogens (primary N) is 3. The second-order valence-corrected chi connectivity index (χ2v) is 6.00. The zero-order valence-corrected chi connectivity index (χ0v) is 15.0. The number of aliphatic hydroxyl groups excluding tert-OH is 1. The molecule has 0 spiro atoms. The average Bonchev–Trinajstić information content (AvgIpc) is 3.05. The number of aliphatic carboxylic acids is 1. The predicted molar refractivity (Wildman–Crippen MR) is 91.0 cm³/mol. The SMILES string of the molecule is CC(O)[C@H](NC(=O)N[C@@H](CCC(N)=O)c1nc([C@@H](N)CC(N)=O)no1)C(=O)O. The van der Waals surface area contributed by atoms with E-state index in [1.54, 1.807) is 0 Å². The lowest BCUT2D eigenvalue weighted by Gasteiger charge is -2.20. The summed E-state index contributed by atoms with van der Waals surface area (Å²) in [6.07, 6.45) is -1.81. The smallest absolute Gasteiger partial charge is 0.328 e. The van der Waals surface area contributed by atoms with Gasteiger partial charge in [-0.25, -0.2) is 9.59 Å². The molecule has 1 aromatic rings. The summed E-state index contributed by atoms with van der Waals surface area (Å²) in [5.74, 6) is -2.98. The van der Waals surface area contributed by atoms with Crippen molar-refractivity contribution in [2.75, 3.05) is 0 Å². The fourth-order valence-corrected chi connectivity index (χ4v) is 2.12. The number of hydrogen-bond acceptors (Lipinski definition) is 9. The molecule has 14 nitrogen and oxygen atoms in total. The van der Waals surface area contributed by atoms with Gasteiger partial charge in [-0.3, -0.25) is 9.59 Å². The molecule has 0 aromatic carbocycles. The van der Waals surface area contributed by atoms with Crippen LogP contribution in [0.15, 0.2) is 4.52 Å². The first-order valence-electron chi connectivity index (χ1n) is 8.14. The molecule has 4 amide bonds. The summed E-state index contributed by atoms with van der Waals surface area (Å²) < 4.78 is 5.01. The number of amides is 4. The van der Waals surface area contributed by atoms with E-state index in [-0.39, 0.29) is 31.0 Å². The summed E-state index contributed by atoms with van der Waals surface area (Å²) in [7, 11) is 0. The molecule has 14 heteroatoms. The minimum absolute atomic E-state index is 0.0398. The Morgan fingerprint density at radius 3 is 2.32 bits per heavy atom. The van der Waals surface area contributed by atoms with Gasteiger partial charge in [-0.15, -0.1) is 0 Å². The van der Waals surface area contributed by atoms with E-state index in [1.165, 1.54) is 6.92 Å². The molecule has 156 valence electrons. The molecule has 1 aromatic heterocycles. The van der Waals surface area contributed by atoms with E-state index in [2.05, 4.69) is 20.8 Å². The first-order chi connectivity index (χ1) is 13.0. The van der Waals surface area contributed by atoms with Crippen LogP contribution in [-0.4, -0.2) is 56.3 Å². The lowest BCUT2D eigenvalue weighted by molar-refractivity contribution is -0.141. The van der Waals surface area contributed by atoms with Crippen molar-refractivity contribution in [1.82, 2.24) is 20.8 Å². The Morgan fingerprint density at radius 1 is 1.18 bits per heavy atom. The molecular formula is C14H23N7O7. The lowest BCUT2D eigenvalue weighted by atomic mass is 10.1. The number of carbonyl (C=O) groups excluding carboxylic acids is 3. The van der Waals surface area contributed by atoms with Crippen LogP contribution in [0.25, 0.3) is 0 Å². The van der Waals surface area contributed by atoms with Crippen molar-refractivity contribution in [3.8, 4) is 0 Å². The fourth-order valence-electron chi connectivity index (χ4n) is 2.12. The molecule has 1 rings (SSSR count). The minimum Gasteiger partial charge on any atom is -0.480 e. The summed E-state index contributed by atoms with van der Waals surface area (Å²) in [5.41, 5.74) is 15.9. The predicted octanol–water partition coefficient (Wildman–Crippen LogP) is -2.62. The van der Waals surface area contributed by atoms with Crippen LogP contribution >= 0.6 is 0 Å². The van der Waals surface area contributed by atoms with E-state index >= 15 is 0 Å². The Balaban J connectivity index is 2.92. The van der Waals surface area contributed by atoms with Crippen LogP contribution < -0.4 is 27.8 Å². The molecule has 10 N–H and O–H groups in total. The van der Waals surface area contributed by atoms with Gasteiger partial charge in [0, 0.05) is 12.8 Å². The highest BCUT2D eigenvalue weighted by atomic mass is 16.5. The Labute approximate surface area is 158 Å². The quantitative estimate of drug-likeness (QED) is 0.203. The van der Waals surface area contributed by atoms with Crippen LogP contribution in [0.2, 0.25) is 0 Å². The normalized spacial score (nSPS) is 15.1. The van der Waals surface area contributed by atoms with Crippen LogP contribution in [0.1, 0.15) is 50.0 Å². The van der Waals surface area contributed by atoms with E-state index in [0.717, 1.165) is 0 Å². The van der Waals surface area contributed by atoms with E-state index in [9.17, 15) is 24.3 Å². The van der Waals surface area contributed by atoms with Crippen molar-refractivity contribution in [3.63, 3.8) is 0 Å². The fraction of sp³-hybridized carbons (Fsp3) is 0.571. The first kappa shape index (κ1) is 22.8. The Bertz CT molecular complexity index is 721. The number of urea groups is 1. The van der Waals surface area contributed by atoms with Crippen LogP contribution in [0.5, 0.6) is 0 Å². The Morgan fingerprint density at radius 2 is 1.82 bits per heavy atom. The highest BCUT2D eigenvalue weighted by Gasteiger charge is 2.28. The number of rotatable bonds is 11.